The quantitative estimate of drug-likeness (QED) is 0.239. The number of fused-ring (bicyclic) bond motifs is 2. The Kier molecular flexibility index (Phi) is 11.2. The molecule has 0 spiro atoms. The third kappa shape index (κ3) is 7.88. The van der Waals surface area contributed by atoms with Crippen LogP contribution in [-0.2, 0) is 9.59 Å². The summed E-state index contributed by atoms with van der Waals surface area (Å²) in [5.41, 5.74) is 4.42. The number of anilines is 4. The molecule has 4 saturated heterocycles. The van der Waals surface area contributed by atoms with Crippen molar-refractivity contribution in [3.05, 3.63) is 83.7 Å². The molecule has 62 heavy (non-hydrogen) atoms. The lowest BCUT2D eigenvalue weighted by Gasteiger charge is -2.45. The highest BCUT2D eigenvalue weighted by molar-refractivity contribution is 6.23. The topological polar surface area (TPSA) is 178 Å². The number of amides is 6. The van der Waals surface area contributed by atoms with Crippen LogP contribution in [0.15, 0.2) is 67.0 Å². The molecule has 0 radical (unpaired) electrons. The molecule has 5 aliphatic heterocycles. The molecule has 4 fully saturated rings. The van der Waals surface area contributed by atoms with Gasteiger partial charge in [-0.15, -0.1) is 0 Å². The zero-order valence-electron chi connectivity index (χ0n) is 35.1. The minimum absolute atomic E-state index is 0.0489. The van der Waals surface area contributed by atoms with E-state index in [1.165, 1.54) is 0 Å². The Morgan fingerprint density at radius 1 is 0.855 bits per heavy atom. The molecule has 4 aromatic rings. The predicted molar refractivity (Wildman–Crippen MR) is 234 cm³/mol. The monoisotopic (exact) mass is 837 g/mol. The number of aromatic nitrogens is 2. The fourth-order valence-corrected chi connectivity index (χ4v) is 9.79. The normalized spacial score (nSPS) is 22.5. The molecule has 6 amide bonds. The number of benzene rings is 2. The lowest BCUT2D eigenvalue weighted by molar-refractivity contribution is -0.136. The largest absolute Gasteiger partial charge is 0.369 e. The number of carbonyl (C=O) groups is 5. The lowest BCUT2D eigenvalue weighted by atomic mass is 9.93. The molecule has 7 heterocycles. The number of nitrogens with one attached hydrogen (secondary N) is 2. The Labute approximate surface area is 360 Å². The summed E-state index contributed by atoms with van der Waals surface area (Å²) in [4.78, 5) is 85.6. The highest BCUT2D eigenvalue weighted by atomic mass is 16.2. The molecule has 0 unspecified atom stereocenters. The van der Waals surface area contributed by atoms with Gasteiger partial charge in [0.05, 0.1) is 34.1 Å². The fourth-order valence-electron chi connectivity index (χ4n) is 9.79. The van der Waals surface area contributed by atoms with Crippen molar-refractivity contribution in [2.24, 2.45) is 5.92 Å². The molecule has 320 valence electrons. The van der Waals surface area contributed by atoms with Crippen molar-refractivity contribution in [3.63, 3.8) is 0 Å². The molecule has 2 aromatic heterocycles. The van der Waals surface area contributed by atoms with Crippen molar-refractivity contribution < 1.29 is 24.0 Å². The van der Waals surface area contributed by atoms with E-state index in [1.807, 2.05) is 47.4 Å². The van der Waals surface area contributed by atoms with Gasteiger partial charge in [0.25, 0.3) is 11.8 Å². The molecular formula is C46H51N11O5. The van der Waals surface area contributed by atoms with Crippen LogP contribution in [0.4, 0.5) is 27.7 Å². The van der Waals surface area contributed by atoms with Gasteiger partial charge >= 0.3 is 6.03 Å². The first-order chi connectivity index (χ1) is 30.1. The number of hydrogen-bond acceptors (Lipinski definition) is 12. The average molecular weight is 838 g/mol. The van der Waals surface area contributed by atoms with Crippen molar-refractivity contribution in [3.8, 4) is 6.07 Å². The smallest absolute Gasteiger partial charge is 0.322 e. The van der Waals surface area contributed by atoms with Gasteiger partial charge in [0, 0.05) is 93.8 Å². The van der Waals surface area contributed by atoms with Crippen molar-refractivity contribution in [1.29, 1.82) is 5.26 Å². The van der Waals surface area contributed by atoms with E-state index in [2.05, 4.69) is 55.1 Å². The summed E-state index contributed by atoms with van der Waals surface area (Å²) in [5.74, 6) is -0.420. The van der Waals surface area contributed by atoms with E-state index in [-0.39, 0.29) is 31.0 Å². The maximum atomic E-state index is 13.5. The number of piperidine rings is 2. The first-order valence-electron chi connectivity index (χ1n) is 21.7. The van der Waals surface area contributed by atoms with E-state index in [4.69, 9.17) is 4.98 Å². The first-order valence-corrected chi connectivity index (χ1v) is 21.7. The summed E-state index contributed by atoms with van der Waals surface area (Å²) >= 11 is 0. The summed E-state index contributed by atoms with van der Waals surface area (Å²) in [7, 11) is 0. The van der Waals surface area contributed by atoms with Crippen LogP contribution in [0.3, 0.4) is 0 Å². The van der Waals surface area contributed by atoms with Crippen LogP contribution in [0.1, 0.15) is 72.2 Å². The van der Waals surface area contributed by atoms with Crippen LogP contribution in [0.25, 0.3) is 10.9 Å². The summed E-state index contributed by atoms with van der Waals surface area (Å²) in [6, 6.07) is 18.1. The molecule has 5 aliphatic rings. The zero-order chi connectivity index (χ0) is 43.1. The molecule has 2 aromatic carbocycles. The Bertz CT molecular complexity index is 2460. The van der Waals surface area contributed by atoms with Crippen molar-refractivity contribution >= 4 is 63.4 Å². The fraction of sp³-hybridized carbons (Fsp3) is 0.435. The standard InChI is InChI=1S/C46H51N11O5/c1-29-28-56(30(2)27-55(29)38-9-5-32(25-47)42-36(38)4-3-16-48-42)46(62)50-33-6-11-40(49-26-33)54-18-14-31(15-19-54)13-17-52-20-22-53(23-21-52)34-7-8-35-37(24-34)45(61)57(44(35)60)39-10-12-41(58)51-43(39)59/h3-9,11,16,24,26,29-31,39H,10,12-15,17-23,27-28H2,1-2H3,(H,50,62)(H,51,58,59)/t29-,30+,39+/m0/s1. The number of piperazine rings is 2. The summed E-state index contributed by atoms with van der Waals surface area (Å²) in [6.45, 7) is 11.7. The van der Waals surface area contributed by atoms with Crippen molar-refractivity contribution in [2.45, 2.75) is 64.1 Å². The third-order valence-corrected chi connectivity index (χ3v) is 13.4. The molecule has 0 bridgehead atoms. The summed E-state index contributed by atoms with van der Waals surface area (Å²) in [5, 5.41) is 15.8. The van der Waals surface area contributed by atoms with Crippen molar-refractivity contribution in [1.82, 2.24) is 30.0 Å². The van der Waals surface area contributed by atoms with Crippen LogP contribution in [0, 0.1) is 17.2 Å². The van der Waals surface area contributed by atoms with E-state index in [0.29, 0.717) is 46.9 Å². The van der Waals surface area contributed by atoms with Gasteiger partial charge in [-0.2, -0.15) is 5.26 Å². The molecule has 9 rings (SSSR count). The number of carbonyl (C=O) groups excluding carboxylic acids is 5. The average Bonchev–Trinajstić information content (AvgIpc) is 3.54. The van der Waals surface area contributed by atoms with Crippen LogP contribution >= 0.6 is 0 Å². The maximum absolute atomic E-state index is 13.5. The molecule has 16 heteroatoms. The number of hydrogen-bond donors (Lipinski definition) is 2. The van der Waals surface area contributed by atoms with E-state index >= 15 is 0 Å². The summed E-state index contributed by atoms with van der Waals surface area (Å²) in [6.07, 6.45) is 7.00. The molecule has 3 atom stereocenters. The van der Waals surface area contributed by atoms with E-state index in [0.717, 1.165) is 92.6 Å². The Hall–Kier alpha value is -6.60. The number of rotatable bonds is 8. The van der Waals surface area contributed by atoms with Gasteiger partial charge in [-0.25, -0.2) is 9.78 Å². The molecule has 2 N–H and O–H groups in total. The lowest BCUT2D eigenvalue weighted by Crippen LogP contribution is -2.59. The second-order valence-corrected chi connectivity index (χ2v) is 17.2. The summed E-state index contributed by atoms with van der Waals surface area (Å²) < 4.78 is 0. The number of pyridine rings is 2. The van der Waals surface area contributed by atoms with Crippen LogP contribution in [0.2, 0.25) is 0 Å². The van der Waals surface area contributed by atoms with Gasteiger partial charge < -0.3 is 24.9 Å². The highest BCUT2D eigenvalue weighted by Gasteiger charge is 2.45. The molecular weight excluding hydrogens is 787 g/mol. The second kappa shape index (κ2) is 17.0. The molecule has 16 nitrogen and oxygen atoms in total. The SMILES string of the molecule is C[C@@H]1CN(c2ccc(C#N)c3ncccc23)[C@@H](C)CN1C(=O)Nc1ccc(N2CCC(CCN3CCN(c4ccc5c(c4)C(=O)N([C@@H]4CCC(=O)NC4=O)C5=O)CC3)CC2)nc1. The van der Waals surface area contributed by atoms with Gasteiger partial charge in [-0.3, -0.25) is 39.3 Å². The van der Waals surface area contributed by atoms with E-state index in [9.17, 15) is 29.2 Å². The van der Waals surface area contributed by atoms with Crippen LogP contribution in [-0.4, -0.2) is 131 Å². The van der Waals surface area contributed by atoms with E-state index in [1.54, 1.807) is 24.5 Å². The first kappa shape index (κ1) is 40.8. The number of imide groups is 2. The number of nitrogens with zero attached hydrogens (tertiary/aromatic N) is 9. The third-order valence-electron chi connectivity index (χ3n) is 13.4. The zero-order valence-corrected chi connectivity index (χ0v) is 35.1. The highest BCUT2D eigenvalue weighted by Crippen LogP contribution is 2.34. The van der Waals surface area contributed by atoms with Gasteiger partial charge in [0.2, 0.25) is 11.8 Å². The van der Waals surface area contributed by atoms with Gasteiger partial charge in [-0.1, -0.05) is 0 Å². The molecule has 0 saturated carbocycles. The minimum Gasteiger partial charge on any atom is -0.369 e. The maximum Gasteiger partial charge on any atom is 0.322 e. The van der Waals surface area contributed by atoms with Gasteiger partial charge in [0.1, 0.15) is 17.9 Å². The second-order valence-electron chi connectivity index (χ2n) is 17.2. The Morgan fingerprint density at radius 2 is 1.65 bits per heavy atom. The molecule has 0 aliphatic carbocycles. The number of nitriles is 1. The Morgan fingerprint density at radius 3 is 2.39 bits per heavy atom. The van der Waals surface area contributed by atoms with Crippen molar-refractivity contribution in [2.75, 3.05) is 78.9 Å². The van der Waals surface area contributed by atoms with Crippen LogP contribution < -0.4 is 25.3 Å². The number of urea groups is 1. The van der Waals surface area contributed by atoms with Gasteiger partial charge in [-0.05, 0) is 107 Å². The minimum atomic E-state index is -0.972. The van der Waals surface area contributed by atoms with Gasteiger partial charge in [0.15, 0.2) is 0 Å². The Balaban J connectivity index is 0.710. The van der Waals surface area contributed by atoms with E-state index < -0.39 is 29.7 Å². The predicted octanol–water partition coefficient (Wildman–Crippen LogP) is 4.46. The van der Waals surface area contributed by atoms with Crippen LogP contribution in [0.5, 0.6) is 0 Å².